The van der Waals surface area contributed by atoms with Crippen LogP contribution < -0.4 is 10.5 Å². The van der Waals surface area contributed by atoms with Gasteiger partial charge in [-0.2, -0.15) is 0 Å². The average molecular weight is 304 g/mol. The highest BCUT2D eigenvalue weighted by atomic mass is 32.2. The lowest BCUT2D eigenvalue weighted by Crippen LogP contribution is -2.42. The molecule has 4 N–H and O–H groups in total. The van der Waals surface area contributed by atoms with Crippen LogP contribution in [-0.2, 0) is 22.2 Å². The molecule has 2 aromatic rings. The maximum atomic E-state index is 11.9. The molecule has 0 aliphatic heterocycles. The van der Waals surface area contributed by atoms with Gasteiger partial charge in [0.05, 0.1) is 10.9 Å². The van der Waals surface area contributed by atoms with Crippen LogP contribution in [0, 0.1) is 0 Å². The van der Waals surface area contributed by atoms with Gasteiger partial charge in [-0.05, 0) is 36.2 Å². The molecule has 0 aliphatic carbocycles. The van der Waals surface area contributed by atoms with E-state index in [-0.39, 0.29) is 5.75 Å². The third-order valence-corrected chi connectivity index (χ3v) is 3.97. The number of carbonyl (C=O) groups is 1. The van der Waals surface area contributed by atoms with Crippen molar-refractivity contribution in [1.82, 2.24) is 4.72 Å². The summed E-state index contributed by atoms with van der Waals surface area (Å²) in [5.41, 5.74) is 6.63. The van der Waals surface area contributed by atoms with Gasteiger partial charge in [0.2, 0.25) is 5.91 Å². The Balaban J connectivity index is 1.93. The zero-order valence-corrected chi connectivity index (χ0v) is 12.0. The Morgan fingerprint density at radius 2 is 1.76 bits per heavy atom. The van der Waals surface area contributed by atoms with Crippen molar-refractivity contribution in [2.24, 2.45) is 5.73 Å². The predicted molar refractivity (Wildman–Crippen MR) is 80.8 cm³/mol. The van der Waals surface area contributed by atoms with Gasteiger partial charge >= 0.3 is 0 Å². The molecule has 21 heavy (non-hydrogen) atoms. The number of phenols is 1. The maximum absolute atomic E-state index is 11.9. The quantitative estimate of drug-likeness (QED) is 0.771. The Labute approximate surface area is 125 Å². The van der Waals surface area contributed by atoms with Gasteiger partial charge in [0, 0.05) is 0 Å². The summed E-state index contributed by atoms with van der Waals surface area (Å²) in [6, 6.07) is 14.3. The molecule has 2 unspecified atom stereocenters. The van der Waals surface area contributed by atoms with E-state index in [2.05, 4.69) is 4.72 Å². The van der Waals surface area contributed by atoms with E-state index >= 15 is 0 Å². The molecule has 2 atom stereocenters. The van der Waals surface area contributed by atoms with Crippen molar-refractivity contribution >= 4 is 16.9 Å². The first-order chi connectivity index (χ1) is 10.1. The number of nitrogens with two attached hydrogens (primary N) is 1. The van der Waals surface area contributed by atoms with Crippen LogP contribution in [0.5, 0.6) is 5.75 Å². The van der Waals surface area contributed by atoms with Gasteiger partial charge in [0.1, 0.15) is 5.75 Å². The van der Waals surface area contributed by atoms with Gasteiger partial charge in [-0.15, -0.1) is 0 Å². The van der Waals surface area contributed by atoms with Crippen molar-refractivity contribution in [3.8, 4) is 5.75 Å². The highest BCUT2D eigenvalue weighted by Gasteiger charge is 2.17. The molecule has 0 heterocycles. The van der Waals surface area contributed by atoms with Gasteiger partial charge in [-0.3, -0.25) is 9.52 Å². The number of carbonyl (C=O) groups excluding carboxylic acids is 1. The molecule has 5 nitrogen and oxygen atoms in total. The Morgan fingerprint density at radius 1 is 1.14 bits per heavy atom. The van der Waals surface area contributed by atoms with Crippen molar-refractivity contribution < 1.29 is 14.1 Å². The molecule has 1 amide bonds. The molecule has 110 valence electrons. The first-order valence-corrected chi connectivity index (χ1v) is 7.52. The lowest BCUT2D eigenvalue weighted by Gasteiger charge is -2.12. The van der Waals surface area contributed by atoms with E-state index < -0.39 is 22.9 Å². The van der Waals surface area contributed by atoms with E-state index in [1.54, 1.807) is 42.5 Å². The standard InChI is InChI=1S/C15H16N2O3S/c16-14(10-11-6-8-12(18)9-7-11)15(19)17-21(20)13-4-2-1-3-5-13/h1-9,14,18H,10,16H2,(H,17,19). The van der Waals surface area contributed by atoms with E-state index in [4.69, 9.17) is 5.73 Å². The summed E-state index contributed by atoms with van der Waals surface area (Å²) in [4.78, 5) is 12.4. The zero-order valence-electron chi connectivity index (χ0n) is 11.2. The molecule has 0 saturated heterocycles. The molecule has 2 aromatic carbocycles. The Kier molecular flexibility index (Phi) is 5.08. The van der Waals surface area contributed by atoms with Crippen LogP contribution in [-0.4, -0.2) is 21.3 Å². The topological polar surface area (TPSA) is 92.4 Å². The Hall–Kier alpha value is -2.18. The number of phenolic OH excluding ortho intramolecular Hbond substituents is 1. The van der Waals surface area contributed by atoms with E-state index in [9.17, 15) is 14.1 Å². The third-order valence-electron chi connectivity index (χ3n) is 2.88. The van der Waals surface area contributed by atoms with Crippen LogP contribution in [0.3, 0.4) is 0 Å². The summed E-state index contributed by atoms with van der Waals surface area (Å²) in [5, 5.41) is 9.19. The lowest BCUT2D eigenvalue weighted by molar-refractivity contribution is -0.120. The van der Waals surface area contributed by atoms with Gasteiger partial charge in [-0.1, -0.05) is 30.3 Å². The van der Waals surface area contributed by atoms with Gasteiger partial charge in [0.15, 0.2) is 11.0 Å². The number of rotatable bonds is 5. The van der Waals surface area contributed by atoms with Crippen LogP contribution in [0.25, 0.3) is 0 Å². The molecule has 2 rings (SSSR count). The summed E-state index contributed by atoms with van der Waals surface area (Å²) >= 11 is 0. The highest BCUT2D eigenvalue weighted by molar-refractivity contribution is 7.83. The van der Waals surface area contributed by atoms with E-state index in [0.29, 0.717) is 11.3 Å². The van der Waals surface area contributed by atoms with Crippen LogP contribution >= 0.6 is 0 Å². The molecule has 0 aromatic heterocycles. The van der Waals surface area contributed by atoms with Gasteiger partial charge < -0.3 is 10.8 Å². The van der Waals surface area contributed by atoms with Gasteiger partial charge in [0.25, 0.3) is 0 Å². The minimum absolute atomic E-state index is 0.155. The summed E-state index contributed by atoms with van der Waals surface area (Å²) in [6.07, 6.45) is 0.304. The van der Waals surface area contributed by atoms with Crippen molar-refractivity contribution in [1.29, 1.82) is 0 Å². The summed E-state index contributed by atoms with van der Waals surface area (Å²) in [7, 11) is -1.62. The highest BCUT2D eigenvalue weighted by Crippen LogP contribution is 2.11. The number of hydrogen-bond acceptors (Lipinski definition) is 4. The zero-order chi connectivity index (χ0) is 15.2. The third kappa shape index (κ3) is 4.40. The molecule has 0 radical (unpaired) electrons. The molecule has 0 spiro atoms. The second kappa shape index (κ2) is 7.01. The fraction of sp³-hybridized carbons (Fsp3) is 0.133. The summed E-state index contributed by atoms with van der Waals surface area (Å²) in [6.45, 7) is 0. The van der Waals surface area contributed by atoms with Crippen LogP contribution in [0.4, 0.5) is 0 Å². The number of benzene rings is 2. The number of nitrogens with one attached hydrogen (secondary N) is 1. The largest absolute Gasteiger partial charge is 0.508 e. The second-order valence-electron chi connectivity index (χ2n) is 4.53. The van der Waals surface area contributed by atoms with Crippen molar-refractivity contribution in [2.45, 2.75) is 17.4 Å². The monoisotopic (exact) mass is 304 g/mol. The number of amides is 1. The lowest BCUT2D eigenvalue weighted by atomic mass is 10.1. The first kappa shape index (κ1) is 15.2. The molecule has 0 aliphatic rings. The van der Waals surface area contributed by atoms with E-state index in [1.807, 2.05) is 0 Å². The predicted octanol–water partition coefficient (Wildman–Crippen LogP) is 1.10. The van der Waals surface area contributed by atoms with Gasteiger partial charge in [-0.25, -0.2) is 4.21 Å². The maximum Gasteiger partial charge on any atom is 0.249 e. The van der Waals surface area contributed by atoms with E-state index in [1.165, 1.54) is 12.1 Å². The number of hydrogen-bond donors (Lipinski definition) is 3. The summed E-state index contributed by atoms with van der Waals surface area (Å²) < 4.78 is 14.3. The Bertz CT molecular complexity index is 629. The first-order valence-electron chi connectivity index (χ1n) is 6.37. The van der Waals surface area contributed by atoms with Crippen LogP contribution in [0.1, 0.15) is 5.56 Å². The molecule has 0 saturated carbocycles. The molecule has 6 heteroatoms. The van der Waals surface area contributed by atoms with E-state index in [0.717, 1.165) is 5.56 Å². The molecule has 0 bridgehead atoms. The SMILES string of the molecule is NC(Cc1ccc(O)cc1)C(=O)NS(=O)c1ccccc1. The smallest absolute Gasteiger partial charge is 0.249 e. The minimum Gasteiger partial charge on any atom is -0.508 e. The fourth-order valence-electron chi connectivity index (χ4n) is 1.75. The van der Waals surface area contributed by atoms with Crippen molar-refractivity contribution in [2.75, 3.05) is 0 Å². The van der Waals surface area contributed by atoms with Crippen molar-refractivity contribution in [3.05, 3.63) is 60.2 Å². The van der Waals surface area contributed by atoms with Crippen LogP contribution in [0.15, 0.2) is 59.5 Å². The average Bonchev–Trinajstić information content (AvgIpc) is 2.50. The second-order valence-corrected chi connectivity index (χ2v) is 5.74. The molecular formula is C15H16N2O3S. The van der Waals surface area contributed by atoms with Crippen molar-refractivity contribution in [3.63, 3.8) is 0 Å². The number of aromatic hydroxyl groups is 1. The fourth-order valence-corrected chi connectivity index (χ4v) is 2.61. The normalized spacial score (nSPS) is 13.4. The minimum atomic E-state index is -1.62. The van der Waals surface area contributed by atoms with Crippen LogP contribution in [0.2, 0.25) is 0 Å². The molecule has 0 fully saturated rings. The molecular weight excluding hydrogens is 288 g/mol. The summed E-state index contributed by atoms with van der Waals surface area (Å²) in [5.74, 6) is -0.327. The Morgan fingerprint density at radius 3 is 2.38 bits per heavy atom.